The molecule has 0 spiro atoms. The molecule has 110 valence electrons. The van der Waals surface area contributed by atoms with Gasteiger partial charge in [-0.1, -0.05) is 13.8 Å². The molecule has 1 aliphatic rings. The van der Waals surface area contributed by atoms with Crippen LogP contribution in [0, 0.1) is 5.92 Å². The number of carbonyl (C=O) groups is 1. The van der Waals surface area contributed by atoms with Crippen LogP contribution in [-0.4, -0.2) is 40.9 Å². The molecule has 0 aromatic carbocycles. The summed E-state index contributed by atoms with van der Waals surface area (Å²) in [6.45, 7) is 5.80. The minimum atomic E-state index is -1.09. The van der Waals surface area contributed by atoms with E-state index in [1.165, 1.54) is 6.20 Å². The highest BCUT2D eigenvalue weighted by Gasteiger charge is 2.19. The Bertz CT molecular complexity index is 470. The summed E-state index contributed by atoms with van der Waals surface area (Å²) in [6, 6.07) is 0. The fourth-order valence-electron chi connectivity index (χ4n) is 2.04. The quantitative estimate of drug-likeness (QED) is 0.889. The van der Waals surface area contributed by atoms with Gasteiger partial charge in [0, 0.05) is 19.1 Å². The number of aromatic carboxylic acids is 1. The van der Waals surface area contributed by atoms with Crippen molar-refractivity contribution in [3.8, 4) is 5.75 Å². The first-order chi connectivity index (χ1) is 9.58. The van der Waals surface area contributed by atoms with Crippen LogP contribution in [0.1, 0.15) is 48.9 Å². The molecule has 1 aromatic rings. The zero-order chi connectivity index (χ0) is 14.5. The van der Waals surface area contributed by atoms with Crippen LogP contribution in [-0.2, 0) is 4.74 Å². The molecule has 6 heteroatoms. The summed E-state index contributed by atoms with van der Waals surface area (Å²) in [5.74, 6) is 0.151. The van der Waals surface area contributed by atoms with Crippen LogP contribution in [0.3, 0.4) is 0 Å². The molecule has 1 fully saturated rings. The lowest BCUT2D eigenvalue weighted by molar-refractivity contribution is 0.0487. The molecule has 1 aliphatic heterocycles. The average molecular weight is 280 g/mol. The van der Waals surface area contributed by atoms with Crippen LogP contribution in [0.5, 0.6) is 5.75 Å². The van der Waals surface area contributed by atoms with Gasteiger partial charge in [0.1, 0.15) is 5.82 Å². The van der Waals surface area contributed by atoms with E-state index in [9.17, 15) is 9.90 Å². The molecular weight excluding hydrogens is 260 g/mol. The number of carboxylic acids is 1. The maximum absolute atomic E-state index is 11.3. The third-order valence-electron chi connectivity index (χ3n) is 3.31. The Morgan fingerprint density at radius 2 is 2.20 bits per heavy atom. The van der Waals surface area contributed by atoms with Gasteiger partial charge in [-0.05, 0) is 18.8 Å². The second-order valence-electron chi connectivity index (χ2n) is 5.27. The maximum Gasteiger partial charge on any atom is 0.358 e. The van der Waals surface area contributed by atoms with Gasteiger partial charge in [-0.2, -0.15) is 0 Å². The van der Waals surface area contributed by atoms with Gasteiger partial charge in [-0.25, -0.2) is 14.8 Å². The number of rotatable bonds is 5. The SMILES string of the molecule is CC(C)c1ncc(OCC2CCOCC2)c(C(=O)O)n1. The molecule has 20 heavy (non-hydrogen) atoms. The Hall–Kier alpha value is -1.69. The molecule has 0 amide bonds. The topological polar surface area (TPSA) is 81.5 Å². The predicted molar refractivity (Wildman–Crippen MR) is 72.1 cm³/mol. The largest absolute Gasteiger partial charge is 0.489 e. The molecule has 0 unspecified atom stereocenters. The Labute approximate surface area is 118 Å². The average Bonchev–Trinajstić information content (AvgIpc) is 2.45. The highest BCUT2D eigenvalue weighted by molar-refractivity contribution is 5.88. The second kappa shape index (κ2) is 6.65. The highest BCUT2D eigenvalue weighted by Crippen LogP contribution is 2.21. The minimum Gasteiger partial charge on any atom is -0.489 e. The maximum atomic E-state index is 11.3. The first-order valence-corrected chi connectivity index (χ1v) is 6.88. The van der Waals surface area contributed by atoms with Gasteiger partial charge in [0.05, 0.1) is 12.8 Å². The van der Waals surface area contributed by atoms with Crippen molar-refractivity contribution in [1.29, 1.82) is 0 Å². The van der Waals surface area contributed by atoms with Crippen molar-refractivity contribution in [1.82, 2.24) is 9.97 Å². The van der Waals surface area contributed by atoms with E-state index < -0.39 is 5.97 Å². The van der Waals surface area contributed by atoms with Crippen molar-refractivity contribution < 1.29 is 19.4 Å². The van der Waals surface area contributed by atoms with E-state index in [4.69, 9.17) is 9.47 Å². The molecule has 2 rings (SSSR count). The predicted octanol–water partition coefficient (Wildman–Crippen LogP) is 2.10. The first-order valence-electron chi connectivity index (χ1n) is 6.88. The van der Waals surface area contributed by atoms with Gasteiger partial charge in [-0.3, -0.25) is 0 Å². The zero-order valence-corrected chi connectivity index (χ0v) is 11.8. The van der Waals surface area contributed by atoms with E-state index in [0.29, 0.717) is 18.3 Å². The van der Waals surface area contributed by atoms with Crippen LogP contribution in [0.25, 0.3) is 0 Å². The molecule has 1 aromatic heterocycles. The molecule has 0 radical (unpaired) electrons. The van der Waals surface area contributed by atoms with Crippen molar-refractivity contribution in [2.45, 2.75) is 32.6 Å². The van der Waals surface area contributed by atoms with E-state index in [2.05, 4.69) is 9.97 Å². The van der Waals surface area contributed by atoms with Gasteiger partial charge >= 0.3 is 5.97 Å². The standard InChI is InChI=1S/C14H20N2O4/c1-9(2)13-15-7-11(12(16-13)14(17)18)20-8-10-3-5-19-6-4-10/h7,9-10H,3-6,8H2,1-2H3,(H,17,18). The molecule has 0 aliphatic carbocycles. The summed E-state index contributed by atoms with van der Waals surface area (Å²) < 4.78 is 10.9. The van der Waals surface area contributed by atoms with E-state index in [-0.39, 0.29) is 17.4 Å². The fraction of sp³-hybridized carbons (Fsp3) is 0.643. The summed E-state index contributed by atoms with van der Waals surface area (Å²) in [4.78, 5) is 19.5. The third kappa shape index (κ3) is 3.66. The number of nitrogens with zero attached hydrogens (tertiary/aromatic N) is 2. The van der Waals surface area contributed by atoms with E-state index >= 15 is 0 Å². The lowest BCUT2D eigenvalue weighted by Crippen LogP contribution is -2.22. The van der Waals surface area contributed by atoms with Crippen molar-refractivity contribution in [3.05, 3.63) is 17.7 Å². The van der Waals surface area contributed by atoms with Crippen LogP contribution >= 0.6 is 0 Å². The van der Waals surface area contributed by atoms with E-state index in [1.807, 2.05) is 13.8 Å². The number of hydrogen-bond acceptors (Lipinski definition) is 5. The normalized spacial score (nSPS) is 16.4. The second-order valence-corrected chi connectivity index (χ2v) is 5.27. The number of hydrogen-bond donors (Lipinski definition) is 1. The zero-order valence-electron chi connectivity index (χ0n) is 11.8. The van der Waals surface area contributed by atoms with Gasteiger partial charge < -0.3 is 14.6 Å². The van der Waals surface area contributed by atoms with Crippen LogP contribution in [0.15, 0.2) is 6.20 Å². The van der Waals surface area contributed by atoms with Crippen LogP contribution in [0.4, 0.5) is 0 Å². The first kappa shape index (κ1) is 14.7. The smallest absolute Gasteiger partial charge is 0.358 e. The van der Waals surface area contributed by atoms with Gasteiger partial charge in [0.15, 0.2) is 11.4 Å². The molecule has 1 N–H and O–H groups in total. The van der Waals surface area contributed by atoms with Crippen molar-refractivity contribution in [2.24, 2.45) is 5.92 Å². The highest BCUT2D eigenvalue weighted by atomic mass is 16.5. The van der Waals surface area contributed by atoms with Crippen molar-refractivity contribution in [2.75, 3.05) is 19.8 Å². The number of ether oxygens (including phenoxy) is 2. The van der Waals surface area contributed by atoms with E-state index in [0.717, 1.165) is 26.1 Å². The molecule has 0 bridgehead atoms. The van der Waals surface area contributed by atoms with Crippen LogP contribution < -0.4 is 4.74 Å². The molecule has 6 nitrogen and oxygen atoms in total. The summed E-state index contributed by atoms with van der Waals surface area (Å²) in [7, 11) is 0. The molecule has 0 atom stereocenters. The lowest BCUT2D eigenvalue weighted by Gasteiger charge is -2.22. The Kier molecular flexibility index (Phi) is 4.89. The third-order valence-corrected chi connectivity index (χ3v) is 3.31. The van der Waals surface area contributed by atoms with Gasteiger partial charge in [0.25, 0.3) is 0 Å². The lowest BCUT2D eigenvalue weighted by atomic mass is 10.0. The molecule has 0 saturated carbocycles. The summed E-state index contributed by atoms with van der Waals surface area (Å²) in [6.07, 6.45) is 3.34. The summed E-state index contributed by atoms with van der Waals surface area (Å²) in [5, 5.41) is 9.22. The fourth-order valence-corrected chi connectivity index (χ4v) is 2.04. The monoisotopic (exact) mass is 280 g/mol. The van der Waals surface area contributed by atoms with Gasteiger partial charge in [0.2, 0.25) is 0 Å². The molecular formula is C14H20N2O4. The molecule has 1 saturated heterocycles. The minimum absolute atomic E-state index is 0.0595. The van der Waals surface area contributed by atoms with Crippen molar-refractivity contribution >= 4 is 5.97 Å². The van der Waals surface area contributed by atoms with E-state index in [1.54, 1.807) is 0 Å². The number of carboxylic acid groups (broad SMARTS) is 1. The Morgan fingerprint density at radius 1 is 1.50 bits per heavy atom. The van der Waals surface area contributed by atoms with Crippen molar-refractivity contribution in [3.63, 3.8) is 0 Å². The Balaban J connectivity index is 2.07. The molecule has 2 heterocycles. The van der Waals surface area contributed by atoms with Gasteiger partial charge in [-0.15, -0.1) is 0 Å². The summed E-state index contributed by atoms with van der Waals surface area (Å²) >= 11 is 0. The number of aromatic nitrogens is 2. The summed E-state index contributed by atoms with van der Waals surface area (Å²) in [5.41, 5.74) is -0.0595. The van der Waals surface area contributed by atoms with Crippen LogP contribution in [0.2, 0.25) is 0 Å². The Morgan fingerprint density at radius 3 is 2.80 bits per heavy atom.